The lowest BCUT2D eigenvalue weighted by Gasteiger charge is -2.20. The van der Waals surface area contributed by atoms with Gasteiger partial charge in [0.25, 0.3) is 0 Å². The molecule has 104 valence electrons. The third kappa shape index (κ3) is 3.22. The highest BCUT2D eigenvalue weighted by Crippen LogP contribution is 2.36. The van der Waals surface area contributed by atoms with Gasteiger partial charge >= 0.3 is 0 Å². The van der Waals surface area contributed by atoms with Crippen LogP contribution in [0.3, 0.4) is 0 Å². The Morgan fingerprint density at radius 2 is 2.05 bits per heavy atom. The Morgan fingerprint density at radius 1 is 1.20 bits per heavy atom. The van der Waals surface area contributed by atoms with E-state index >= 15 is 0 Å². The summed E-state index contributed by atoms with van der Waals surface area (Å²) in [7, 11) is 2.11. The minimum atomic E-state index is -0.154. The van der Waals surface area contributed by atoms with Crippen molar-refractivity contribution >= 4 is 11.8 Å². The summed E-state index contributed by atoms with van der Waals surface area (Å²) >= 11 is 1.96. The molecule has 0 saturated heterocycles. The minimum Gasteiger partial charge on any atom is -0.301 e. The number of thioether (sulfide) groups is 1. The van der Waals surface area contributed by atoms with Crippen LogP contribution in [0.15, 0.2) is 53.4 Å². The third-order valence-electron chi connectivity index (χ3n) is 3.57. The van der Waals surface area contributed by atoms with Gasteiger partial charge in [0.15, 0.2) is 0 Å². The first-order valence-corrected chi connectivity index (χ1v) is 7.76. The Labute approximate surface area is 123 Å². The lowest BCUT2D eigenvalue weighted by Crippen LogP contribution is -2.26. The van der Waals surface area contributed by atoms with Gasteiger partial charge in [-0.3, -0.25) is 0 Å². The van der Waals surface area contributed by atoms with Crippen LogP contribution < -0.4 is 0 Å². The van der Waals surface area contributed by atoms with Crippen LogP contribution in [0.5, 0.6) is 0 Å². The SMILES string of the molecule is CN(Cc1cccc(F)c1)CC1Cc2ccccc2S1. The van der Waals surface area contributed by atoms with Crippen molar-refractivity contribution in [1.82, 2.24) is 4.90 Å². The Hall–Kier alpha value is -1.32. The van der Waals surface area contributed by atoms with E-state index in [-0.39, 0.29) is 5.82 Å². The van der Waals surface area contributed by atoms with E-state index in [4.69, 9.17) is 0 Å². The van der Waals surface area contributed by atoms with Crippen LogP contribution >= 0.6 is 11.8 Å². The average molecular weight is 287 g/mol. The molecule has 2 aromatic rings. The average Bonchev–Trinajstić information content (AvgIpc) is 2.80. The van der Waals surface area contributed by atoms with Gasteiger partial charge in [0.1, 0.15) is 5.82 Å². The van der Waals surface area contributed by atoms with Crippen molar-refractivity contribution in [3.63, 3.8) is 0 Å². The van der Waals surface area contributed by atoms with Gasteiger partial charge in [0.05, 0.1) is 0 Å². The van der Waals surface area contributed by atoms with Crippen LogP contribution in [0.4, 0.5) is 4.39 Å². The van der Waals surface area contributed by atoms with Gasteiger partial charge in [0, 0.05) is 23.2 Å². The van der Waals surface area contributed by atoms with Crippen molar-refractivity contribution in [3.8, 4) is 0 Å². The summed E-state index contributed by atoms with van der Waals surface area (Å²) in [6.45, 7) is 1.82. The summed E-state index contributed by atoms with van der Waals surface area (Å²) in [6, 6.07) is 15.5. The molecule has 1 unspecified atom stereocenters. The lowest BCUT2D eigenvalue weighted by molar-refractivity contribution is 0.327. The van der Waals surface area contributed by atoms with Gasteiger partial charge in [0.2, 0.25) is 0 Å². The third-order valence-corrected chi connectivity index (χ3v) is 4.87. The van der Waals surface area contributed by atoms with E-state index in [0.717, 1.165) is 25.1 Å². The summed E-state index contributed by atoms with van der Waals surface area (Å²) in [5.41, 5.74) is 2.50. The molecule has 1 atom stereocenters. The Bertz CT molecular complexity index is 574. The largest absolute Gasteiger partial charge is 0.301 e. The van der Waals surface area contributed by atoms with E-state index in [9.17, 15) is 4.39 Å². The minimum absolute atomic E-state index is 0.154. The quantitative estimate of drug-likeness (QED) is 0.837. The molecule has 3 heteroatoms. The zero-order chi connectivity index (χ0) is 13.9. The molecular weight excluding hydrogens is 269 g/mol. The predicted octanol–water partition coefficient (Wildman–Crippen LogP) is 3.97. The summed E-state index contributed by atoms with van der Waals surface area (Å²) < 4.78 is 13.2. The summed E-state index contributed by atoms with van der Waals surface area (Å²) in [6.07, 6.45) is 1.13. The van der Waals surface area contributed by atoms with Crippen molar-refractivity contribution in [3.05, 3.63) is 65.5 Å². The van der Waals surface area contributed by atoms with Crippen molar-refractivity contribution in [2.45, 2.75) is 23.1 Å². The second-order valence-corrected chi connectivity index (χ2v) is 6.72. The molecule has 0 saturated carbocycles. The number of fused-ring (bicyclic) bond motifs is 1. The molecule has 2 aromatic carbocycles. The summed E-state index contributed by atoms with van der Waals surface area (Å²) in [5, 5.41) is 0.603. The molecule has 0 radical (unpaired) electrons. The van der Waals surface area contributed by atoms with E-state index in [2.05, 4.69) is 36.2 Å². The first kappa shape index (κ1) is 13.7. The molecule has 1 heterocycles. The molecule has 1 nitrogen and oxygen atoms in total. The van der Waals surface area contributed by atoms with E-state index in [1.54, 1.807) is 12.1 Å². The maximum absolute atomic E-state index is 13.2. The molecule has 1 aliphatic rings. The second kappa shape index (κ2) is 5.98. The molecule has 0 spiro atoms. The van der Waals surface area contributed by atoms with Crippen LogP contribution in [0.25, 0.3) is 0 Å². The Kier molecular flexibility index (Phi) is 4.08. The lowest BCUT2D eigenvalue weighted by atomic mass is 10.1. The number of nitrogens with zero attached hydrogens (tertiary/aromatic N) is 1. The van der Waals surface area contributed by atoms with Crippen LogP contribution in [0, 0.1) is 5.82 Å². The van der Waals surface area contributed by atoms with Gasteiger partial charge in [-0.1, -0.05) is 30.3 Å². The maximum atomic E-state index is 13.2. The monoisotopic (exact) mass is 287 g/mol. The Morgan fingerprint density at radius 3 is 2.85 bits per heavy atom. The van der Waals surface area contributed by atoms with E-state index < -0.39 is 0 Å². The highest BCUT2D eigenvalue weighted by molar-refractivity contribution is 8.00. The molecule has 0 amide bonds. The van der Waals surface area contributed by atoms with E-state index in [1.807, 2.05) is 17.8 Å². The van der Waals surface area contributed by atoms with Gasteiger partial charge in [-0.05, 0) is 42.8 Å². The molecular formula is C17H18FNS. The van der Waals surface area contributed by atoms with Gasteiger partial charge < -0.3 is 4.90 Å². The molecule has 3 rings (SSSR count). The van der Waals surface area contributed by atoms with Crippen molar-refractivity contribution < 1.29 is 4.39 Å². The number of halogens is 1. The summed E-state index contributed by atoms with van der Waals surface area (Å²) in [4.78, 5) is 3.69. The molecule has 0 bridgehead atoms. The van der Waals surface area contributed by atoms with Crippen LogP contribution in [-0.4, -0.2) is 23.7 Å². The van der Waals surface area contributed by atoms with E-state index in [1.165, 1.54) is 16.5 Å². The zero-order valence-electron chi connectivity index (χ0n) is 11.6. The van der Waals surface area contributed by atoms with Crippen molar-refractivity contribution in [2.24, 2.45) is 0 Å². The predicted molar refractivity (Wildman–Crippen MR) is 82.5 cm³/mol. The highest BCUT2D eigenvalue weighted by atomic mass is 32.2. The zero-order valence-corrected chi connectivity index (χ0v) is 12.4. The summed E-state index contributed by atoms with van der Waals surface area (Å²) in [5.74, 6) is -0.154. The smallest absolute Gasteiger partial charge is 0.123 e. The van der Waals surface area contributed by atoms with Gasteiger partial charge in [-0.2, -0.15) is 0 Å². The normalized spacial score (nSPS) is 17.4. The van der Waals surface area contributed by atoms with E-state index in [0.29, 0.717) is 5.25 Å². The first-order chi connectivity index (χ1) is 9.70. The van der Waals surface area contributed by atoms with Crippen molar-refractivity contribution in [2.75, 3.05) is 13.6 Å². The number of rotatable bonds is 4. The molecule has 20 heavy (non-hydrogen) atoms. The van der Waals surface area contributed by atoms with Crippen LogP contribution in [-0.2, 0) is 13.0 Å². The van der Waals surface area contributed by atoms with Gasteiger partial charge in [-0.25, -0.2) is 4.39 Å². The maximum Gasteiger partial charge on any atom is 0.123 e. The molecule has 0 fully saturated rings. The fourth-order valence-electron chi connectivity index (χ4n) is 2.71. The van der Waals surface area contributed by atoms with Crippen LogP contribution in [0.2, 0.25) is 0 Å². The standard InChI is InChI=1S/C17H18FNS/c1-19(11-13-5-4-7-15(18)9-13)12-16-10-14-6-2-3-8-17(14)20-16/h2-9,16H,10-12H2,1H3. The highest BCUT2D eigenvalue weighted by Gasteiger charge is 2.22. The van der Waals surface area contributed by atoms with Gasteiger partial charge in [-0.15, -0.1) is 11.8 Å². The first-order valence-electron chi connectivity index (χ1n) is 6.88. The number of hydrogen-bond acceptors (Lipinski definition) is 2. The Balaban J connectivity index is 1.57. The number of benzene rings is 2. The molecule has 1 aliphatic heterocycles. The number of hydrogen-bond donors (Lipinski definition) is 0. The topological polar surface area (TPSA) is 3.24 Å². The van der Waals surface area contributed by atoms with Crippen molar-refractivity contribution in [1.29, 1.82) is 0 Å². The van der Waals surface area contributed by atoms with Crippen LogP contribution in [0.1, 0.15) is 11.1 Å². The second-order valence-electron chi connectivity index (χ2n) is 5.38. The molecule has 0 aliphatic carbocycles. The fraction of sp³-hybridized carbons (Fsp3) is 0.294. The molecule has 0 aromatic heterocycles. The molecule has 0 N–H and O–H groups in total. The fourth-order valence-corrected chi connectivity index (χ4v) is 4.13.